The van der Waals surface area contributed by atoms with Gasteiger partial charge in [-0.2, -0.15) is 4.98 Å². The molecule has 1 aromatic heterocycles. The highest BCUT2D eigenvalue weighted by Crippen LogP contribution is 2.57. The number of rotatable bonds is 6. The molecule has 1 aliphatic rings. The highest BCUT2D eigenvalue weighted by molar-refractivity contribution is 5.14. The van der Waals surface area contributed by atoms with Gasteiger partial charge in [-0.1, -0.05) is 46.7 Å². The quantitative estimate of drug-likeness (QED) is 0.865. The predicted octanol–water partition coefficient (Wildman–Crippen LogP) is 3.54. The number of hydrogen-bond donors (Lipinski definition) is 1. The highest BCUT2D eigenvalue weighted by Gasteiger charge is 2.49. The van der Waals surface area contributed by atoms with E-state index in [-0.39, 0.29) is 5.41 Å². The van der Waals surface area contributed by atoms with Crippen LogP contribution in [-0.2, 0) is 6.42 Å². The molecular formula is C16H29N3O. The lowest BCUT2D eigenvalue weighted by Gasteiger charge is -2.30. The van der Waals surface area contributed by atoms with Crippen LogP contribution in [0.2, 0.25) is 0 Å². The molecule has 20 heavy (non-hydrogen) atoms. The van der Waals surface area contributed by atoms with E-state index < -0.39 is 0 Å². The van der Waals surface area contributed by atoms with E-state index in [1.165, 1.54) is 6.42 Å². The van der Waals surface area contributed by atoms with Gasteiger partial charge >= 0.3 is 0 Å². The Bertz CT molecular complexity index is 445. The summed E-state index contributed by atoms with van der Waals surface area (Å²) in [6.07, 6.45) is 3.12. The maximum absolute atomic E-state index is 5.46. The first-order valence-electron chi connectivity index (χ1n) is 7.80. The Hall–Kier alpha value is -0.900. The minimum absolute atomic E-state index is 0.183. The van der Waals surface area contributed by atoms with Crippen LogP contribution in [0, 0.1) is 10.8 Å². The third kappa shape index (κ3) is 3.60. The summed E-state index contributed by atoms with van der Waals surface area (Å²) >= 11 is 0. The maximum atomic E-state index is 5.46. The lowest BCUT2D eigenvalue weighted by molar-refractivity contribution is 0.244. The van der Waals surface area contributed by atoms with Gasteiger partial charge in [0, 0.05) is 18.4 Å². The van der Waals surface area contributed by atoms with Crippen LogP contribution < -0.4 is 5.32 Å². The van der Waals surface area contributed by atoms with Gasteiger partial charge in [0.25, 0.3) is 0 Å². The van der Waals surface area contributed by atoms with Gasteiger partial charge in [-0.15, -0.1) is 0 Å². The fourth-order valence-corrected chi connectivity index (χ4v) is 2.58. The molecule has 1 aliphatic carbocycles. The fraction of sp³-hybridized carbons (Fsp3) is 0.875. The van der Waals surface area contributed by atoms with Crippen molar-refractivity contribution in [3.05, 3.63) is 11.7 Å². The van der Waals surface area contributed by atoms with E-state index in [0.717, 1.165) is 31.1 Å². The third-order valence-corrected chi connectivity index (χ3v) is 4.37. The molecule has 0 bridgehead atoms. The average molecular weight is 279 g/mol. The van der Waals surface area contributed by atoms with E-state index in [9.17, 15) is 0 Å². The molecule has 0 radical (unpaired) electrons. The molecule has 2 unspecified atom stereocenters. The van der Waals surface area contributed by atoms with Crippen LogP contribution >= 0.6 is 0 Å². The molecule has 1 saturated carbocycles. The van der Waals surface area contributed by atoms with Crippen LogP contribution in [0.3, 0.4) is 0 Å². The van der Waals surface area contributed by atoms with Crippen molar-refractivity contribution in [1.82, 2.24) is 15.5 Å². The molecule has 2 rings (SSSR count). The smallest absolute Gasteiger partial charge is 0.228 e. The van der Waals surface area contributed by atoms with Crippen molar-refractivity contribution >= 4 is 0 Å². The molecule has 0 spiro atoms. The van der Waals surface area contributed by atoms with Gasteiger partial charge in [0.1, 0.15) is 0 Å². The Morgan fingerprint density at radius 1 is 1.40 bits per heavy atom. The van der Waals surface area contributed by atoms with Crippen LogP contribution in [0.15, 0.2) is 4.52 Å². The molecule has 0 saturated heterocycles. The van der Waals surface area contributed by atoms with E-state index in [2.05, 4.69) is 57.0 Å². The second kappa shape index (κ2) is 5.47. The van der Waals surface area contributed by atoms with Crippen LogP contribution in [0.25, 0.3) is 0 Å². The number of hydrogen-bond acceptors (Lipinski definition) is 4. The summed E-state index contributed by atoms with van der Waals surface area (Å²) in [7, 11) is 0. The Balaban J connectivity index is 2.00. The van der Waals surface area contributed by atoms with Crippen LogP contribution in [0.4, 0.5) is 0 Å². The summed E-state index contributed by atoms with van der Waals surface area (Å²) in [5.74, 6) is 2.15. The standard InChI is InChI=1S/C16H29N3O/c1-7-8-17-12(15(2,3)4)9-13-18-14(19-20-13)11-10-16(11,5)6/h11-12,17H,7-10H2,1-6H3. The summed E-state index contributed by atoms with van der Waals surface area (Å²) < 4.78 is 5.46. The molecule has 4 heteroatoms. The second-order valence-corrected chi connectivity index (χ2v) is 7.87. The largest absolute Gasteiger partial charge is 0.339 e. The molecular weight excluding hydrogens is 250 g/mol. The summed E-state index contributed by atoms with van der Waals surface area (Å²) in [6, 6.07) is 0.364. The minimum atomic E-state index is 0.183. The normalized spacial score (nSPS) is 22.8. The minimum Gasteiger partial charge on any atom is -0.339 e. The zero-order valence-corrected chi connectivity index (χ0v) is 13.8. The van der Waals surface area contributed by atoms with Crippen molar-refractivity contribution in [3.63, 3.8) is 0 Å². The Morgan fingerprint density at radius 3 is 2.55 bits per heavy atom. The van der Waals surface area contributed by atoms with Crippen LogP contribution in [0.1, 0.15) is 72.0 Å². The molecule has 0 aliphatic heterocycles. The SMILES string of the molecule is CCCNC(Cc1nc(C2CC2(C)C)no1)C(C)(C)C. The molecule has 2 atom stereocenters. The lowest BCUT2D eigenvalue weighted by Crippen LogP contribution is -2.42. The number of nitrogens with one attached hydrogen (secondary N) is 1. The Kier molecular flexibility index (Phi) is 4.24. The lowest BCUT2D eigenvalue weighted by atomic mass is 9.84. The van der Waals surface area contributed by atoms with E-state index in [0.29, 0.717) is 17.4 Å². The van der Waals surface area contributed by atoms with Crippen molar-refractivity contribution in [1.29, 1.82) is 0 Å². The summed E-state index contributed by atoms with van der Waals surface area (Å²) in [4.78, 5) is 4.61. The van der Waals surface area contributed by atoms with Crippen molar-refractivity contribution < 1.29 is 4.52 Å². The van der Waals surface area contributed by atoms with Crippen molar-refractivity contribution in [2.24, 2.45) is 10.8 Å². The molecule has 1 N–H and O–H groups in total. The number of nitrogens with zero attached hydrogens (tertiary/aromatic N) is 2. The first kappa shape index (κ1) is 15.5. The second-order valence-electron chi connectivity index (χ2n) is 7.87. The van der Waals surface area contributed by atoms with E-state index in [1.807, 2.05) is 0 Å². The number of aromatic nitrogens is 2. The summed E-state index contributed by atoms with van der Waals surface area (Å²) in [6.45, 7) is 14.5. The van der Waals surface area contributed by atoms with Gasteiger partial charge in [-0.05, 0) is 30.2 Å². The molecule has 4 nitrogen and oxygen atoms in total. The summed E-state index contributed by atoms with van der Waals surface area (Å²) in [5.41, 5.74) is 0.535. The molecule has 1 fully saturated rings. The van der Waals surface area contributed by atoms with Crippen molar-refractivity contribution in [2.45, 2.75) is 72.8 Å². The van der Waals surface area contributed by atoms with E-state index in [4.69, 9.17) is 4.52 Å². The monoisotopic (exact) mass is 279 g/mol. The summed E-state index contributed by atoms with van der Waals surface area (Å²) in [5, 5.41) is 7.78. The highest BCUT2D eigenvalue weighted by atomic mass is 16.5. The Labute approximate surface area is 122 Å². The molecule has 1 aromatic rings. The zero-order chi connectivity index (χ0) is 15.0. The van der Waals surface area contributed by atoms with Crippen molar-refractivity contribution in [2.75, 3.05) is 6.54 Å². The van der Waals surface area contributed by atoms with Gasteiger partial charge in [0.2, 0.25) is 5.89 Å². The maximum Gasteiger partial charge on any atom is 0.228 e. The van der Waals surface area contributed by atoms with Crippen LogP contribution in [0.5, 0.6) is 0 Å². The topological polar surface area (TPSA) is 51.0 Å². The van der Waals surface area contributed by atoms with Crippen LogP contribution in [-0.4, -0.2) is 22.7 Å². The first-order chi connectivity index (χ1) is 9.24. The van der Waals surface area contributed by atoms with Gasteiger partial charge in [0.15, 0.2) is 5.82 Å². The first-order valence-corrected chi connectivity index (χ1v) is 7.80. The molecule has 1 heterocycles. The Morgan fingerprint density at radius 2 is 2.05 bits per heavy atom. The van der Waals surface area contributed by atoms with Crippen molar-refractivity contribution in [3.8, 4) is 0 Å². The molecule has 0 amide bonds. The average Bonchev–Trinajstić information content (AvgIpc) is 2.76. The predicted molar refractivity (Wildman–Crippen MR) is 80.7 cm³/mol. The van der Waals surface area contributed by atoms with Gasteiger partial charge < -0.3 is 9.84 Å². The van der Waals surface area contributed by atoms with Gasteiger partial charge in [-0.3, -0.25) is 0 Å². The molecule has 0 aromatic carbocycles. The van der Waals surface area contributed by atoms with E-state index in [1.54, 1.807) is 0 Å². The third-order valence-electron chi connectivity index (χ3n) is 4.37. The molecule has 114 valence electrons. The van der Waals surface area contributed by atoms with E-state index >= 15 is 0 Å². The van der Waals surface area contributed by atoms with Gasteiger partial charge in [-0.25, -0.2) is 0 Å². The fourth-order valence-electron chi connectivity index (χ4n) is 2.58. The zero-order valence-electron chi connectivity index (χ0n) is 13.8. The van der Waals surface area contributed by atoms with Gasteiger partial charge in [0.05, 0.1) is 0 Å².